The van der Waals surface area contributed by atoms with E-state index in [0.717, 1.165) is 37.2 Å². The first kappa shape index (κ1) is 20.1. The molecule has 3 atom stereocenters. The van der Waals surface area contributed by atoms with Crippen LogP contribution in [0.1, 0.15) is 49.4 Å². The first-order valence-electron chi connectivity index (χ1n) is 11.3. The Kier molecular flexibility index (Phi) is 4.98. The van der Waals surface area contributed by atoms with Crippen molar-refractivity contribution in [3.05, 3.63) is 77.4 Å². The fraction of sp³-hybridized carbons (Fsp3) is 0.370. The second-order valence-electron chi connectivity index (χ2n) is 9.37. The number of rotatable bonds is 5. The second kappa shape index (κ2) is 7.69. The number of nitrogens with one attached hydrogen (secondary N) is 1. The highest BCUT2D eigenvalue weighted by Crippen LogP contribution is 2.41. The van der Waals surface area contributed by atoms with E-state index in [1.807, 2.05) is 6.92 Å². The van der Waals surface area contributed by atoms with Crippen LogP contribution in [0.2, 0.25) is 0 Å². The molecule has 0 aromatic heterocycles. The predicted octanol–water partition coefficient (Wildman–Crippen LogP) is 5.06. The van der Waals surface area contributed by atoms with Gasteiger partial charge in [-0.1, -0.05) is 48.5 Å². The quantitative estimate of drug-likeness (QED) is 0.613. The van der Waals surface area contributed by atoms with Gasteiger partial charge >= 0.3 is 5.97 Å². The molecule has 31 heavy (non-hydrogen) atoms. The second-order valence-corrected chi connectivity index (χ2v) is 9.37. The van der Waals surface area contributed by atoms with Crippen molar-refractivity contribution < 1.29 is 9.90 Å². The van der Waals surface area contributed by atoms with Crippen molar-refractivity contribution in [1.29, 1.82) is 0 Å². The first-order valence-corrected chi connectivity index (χ1v) is 11.3. The summed E-state index contributed by atoms with van der Waals surface area (Å²) in [4.78, 5) is 14.3. The highest BCUT2D eigenvalue weighted by molar-refractivity contribution is 5.86. The van der Waals surface area contributed by atoms with Crippen LogP contribution in [0, 0.1) is 0 Å². The molecule has 0 saturated carbocycles. The van der Waals surface area contributed by atoms with E-state index in [1.165, 1.54) is 21.9 Å². The van der Waals surface area contributed by atoms with E-state index >= 15 is 0 Å². The number of aliphatic carboxylic acids is 1. The molecule has 0 bridgehead atoms. The molecule has 160 valence electrons. The minimum atomic E-state index is -0.758. The Morgan fingerprint density at radius 1 is 1.16 bits per heavy atom. The summed E-state index contributed by atoms with van der Waals surface area (Å²) in [5, 5.41) is 16.2. The summed E-state index contributed by atoms with van der Waals surface area (Å²) in [6.07, 6.45) is 2.63. The summed E-state index contributed by atoms with van der Waals surface area (Å²) < 4.78 is 0. The summed E-state index contributed by atoms with van der Waals surface area (Å²) in [5.41, 5.74) is 3.91. The van der Waals surface area contributed by atoms with E-state index in [-0.39, 0.29) is 6.04 Å². The Morgan fingerprint density at radius 3 is 2.81 bits per heavy atom. The monoisotopic (exact) mass is 414 g/mol. The molecule has 0 amide bonds. The van der Waals surface area contributed by atoms with Crippen molar-refractivity contribution in [2.24, 2.45) is 0 Å². The van der Waals surface area contributed by atoms with Gasteiger partial charge in [-0.05, 0) is 72.7 Å². The number of benzene rings is 3. The number of carboxylic acid groups (broad SMARTS) is 1. The molecule has 1 saturated heterocycles. The van der Waals surface area contributed by atoms with E-state index in [2.05, 4.69) is 77.8 Å². The number of nitrogens with zero attached hydrogens (tertiary/aromatic N) is 1. The molecule has 5 rings (SSSR count). The standard InChI is InChI=1S/C27H30N2O2/c1-18(23-9-5-7-19-6-3-4-8-24(19)23)28-21-13-15-29(17-21)22-11-10-20-12-14-27(2,26(30)31)25(20)16-22/h3-11,16,18,21,28H,12-15,17H2,1-2H3,(H,30,31)/t18-,21+,27-/m1/s1. The smallest absolute Gasteiger partial charge is 0.313 e. The zero-order chi connectivity index (χ0) is 21.6. The molecule has 0 radical (unpaired) electrons. The fourth-order valence-electron chi connectivity index (χ4n) is 5.44. The van der Waals surface area contributed by atoms with Gasteiger partial charge in [0.2, 0.25) is 0 Å². The van der Waals surface area contributed by atoms with Gasteiger partial charge in [0.05, 0.1) is 5.41 Å². The van der Waals surface area contributed by atoms with Crippen LogP contribution in [-0.2, 0) is 16.6 Å². The van der Waals surface area contributed by atoms with Crippen LogP contribution in [0.5, 0.6) is 0 Å². The van der Waals surface area contributed by atoms with Crippen molar-refractivity contribution in [3.63, 3.8) is 0 Å². The summed E-state index contributed by atoms with van der Waals surface area (Å²) >= 11 is 0. The minimum absolute atomic E-state index is 0.270. The Balaban J connectivity index is 1.31. The molecule has 2 N–H and O–H groups in total. The van der Waals surface area contributed by atoms with Crippen LogP contribution in [0.25, 0.3) is 10.8 Å². The Labute approximate surface area is 183 Å². The average Bonchev–Trinajstić information content (AvgIpc) is 3.38. The van der Waals surface area contributed by atoms with Crippen molar-refractivity contribution in [2.75, 3.05) is 18.0 Å². The molecule has 0 spiro atoms. The molecule has 1 aliphatic heterocycles. The summed E-state index contributed by atoms with van der Waals surface area (Å²) in [6.45, 7) is 6.05. The third kappa shape index (κ3) is 3.49. The molecular formula is C27H30N2O2. The lowest BCUT2D eigenvalue weighted by molar-refractivity contribution is -0.143. The van der Waals surface area contributed by atoms with Gasteiger partial charge in [-0.3, -0.25) is 4.79 Å². The van der Waals surface area contributed by atoms with Gasteiger partial charge in [0.25, 0.3) is 0 Å². The van der Waals surface area contributed by atoms with Crippen molar-refractivity contribution >= 4 is 22.4 Å². The number of carboxylic acids is 1. The molecule has 1 fully saturated rings. The Morgan fingerprint density at radius 2 is 1.97 bits per heavy atom. The summed E-state index contributed by atoms with van der Waals surface area (Å²) in [6, 6.07) is 22.2. The summed E-state index contributed by atoms with van der Waals surface area (Å²) in [7, 11) is 0. The van der Waals surface area contributed by atoms with Crippen molar-refractivity contribution in [3.8, 4) is 0 Å². The minimum Gasteiger partial charge on any atom is -0.481 e. The molecule has 1 aliphatic carbocycles. The van der Waals surface area contributed by atoms with Crippen LogP contribution < -0.4 is 10.2 Å². The number of aryl methyl sites for hydroxylation is 1. The van der Waals surface area contributed by atoms with Crippen LogP contribution in [0.4, 0.5) is 5.69 Å². The van der Waals surface area contributed by atoms with Crippen molar-refractivity contribution in [2.45, 2.75) is 50.6 Å². The maximum Gasteiger partial charge on any atom is 0.313 e. The topological polar surface area (TPSA) is 52.6 Å². The lowest BCUT2D eigenvalue weighted by Gasteiger charge is -2.25. The van der Waals surface area contributed by atoms with Gasteiger partial charge in [-0.15, -0.1) is 0 Å². The molecule has 3 aromatic carbocycles. The van der Waals surface area contributed by atoms with Gasteiger partial charge in [0.15, 0.2) is 0 Å². The van der Waals surface area contributed by atoms with Crippen LogP contribution in [-0.4, -0.2) is 30.2 Å². The van der Waals surface area contributed by atoms with Crippen LogP contribution in [0.15, 0.2) is 60.7 Å². The lowest BCUT2D eigenvalue weighted by atomic mass is 9.84. The van der Waals surface area contributed by atoms with Crippen LogP contribution >= 0.6 is 0 Å². The molecule has 4 heteroatoms. The maximum absolute atomic E-state index is 11.9. The highest BCUT2D eigenvalue weighted by atomic mass is 16.4. The Bertz CT molecular complexity index is 1140. The molecule has 1 heterocycles. The maximum atomic E-state index is 11.9. The van der Waals surface area contributed by atoms with E-state index < -0.39 is 11.4 Å². The van der Waals surface area contributed by atoms with Gasteiger partial charge < -0.3 is 15.3 Å². The SMILES string of the molecule is C[C@@H](N[C@H]1CCN(c2ccc3c(c2)[C@](C)(C(=O)O)CC3)C1)c1cccc2ccccc12. The number of fused-ring (bicyclic) bond motifs is 2. The van der Waals surface area contributed by atoms with Crippen LogP contribution in [0.3, 0.4) is 0 Å². The number of carbonyl (C=O) groups is 1. The predicted molar refractivity (Wildman–Crippen MR) is 126 cm³/mol. The highest BCUT2D eigenvalue weighted by Gasteiger charge is 2.41. The zero-order valence-electron chi connectivity index (χ0n) is 18.3. The molecular weight excluding hydrogens is 384 g/mol. The lowest BCUT2D eigenvalue weighted by Crippen LogP contribution is -2.34. The number of anilines is 1. The molecule has 3 aromatic rings. The van der Waals surface area contributed by atoms with Gasteiger partial charge in [-0.25, -0.2) is 0 Å². The third-order valence-electron chi connectivity index (χ3n) is 7.38. The van der Waals surface area contributed by atoms with Gasteiger partial charge in [-0.2, -0.15) is 0 Å². The van der Waals surface area contributed by atoms with E-state index in [1.54, 1.807) is 0 Å². The third-order valence-corrected chi connectivity index (χ3v) is 7.38. The summed E-state index contributed by atoms with van der Waals surface area (Å²) in [5.74, 6) is -0.715. The number of hydrogen-bond acceptors (Lipinski definition) is 3. The first-order chi connectivity index (χ1) is 15.0. The fourth-order valence-corrected chi connectivity index (χ4v) is 5.44. The van der Waals surface area contributed by atoms with E-state index in [9.17, 15) is 9.90 Å². The molecule has 2 aliphatic rings. The van der Waals surface area contributed by atoms with E-state index in [0.29, 0.717) is 12.5 Å². The molecule has 0 unspecified atom stereocenters. The zero-order valence-corrected chi connectivity index (χ0v) is 18.3. The van der Waals surface area contributed by atoms with Gasteiger partial charge in [0, 0.05) is 30.9 Å². The normalized spacial score (nSPS) is 23.8. The van der Waals surface area contributed by atoms with E-state index in [4.69, 9.17) is 0 Å². The van der Waals surface area contributed by atoms with Crippen molar-refractivity contribution in [1.82, 2.24) is 5.32 Å². The Hall–Kier alpha value is -2.85. The van der Waals surface area contributed by atoms with Gasteiger partial charge in [0.1, 0.15) is 0 Å². The number of hydrogen-bond donors (Lipinski definition) is 2. The largest absolute Gasteiger partial charge is 0.481 e. The average molecular weight is 415 g/mol. The molecule has 4 nitrogen and oxygen atoms in total.